The van der Waals surface area contributed by atoms with Crippen LogP contribution in [0.5, 0.6) is 0 Å². The van der Waals surface area contributed by atoms with E-state index in [1.165, 1.54) is 4.90 Å². The highest BCUT2D eigenvalue weighted by Gasteiger charge is 2.25. The van der Waals surface area contributed by atoms with Crippen molar-refractivity contribution in [3.8, 4) is 0 Å². The fraction of sp³-hybridized carbons (Fsp3) is 0.364. The van der Waals surface area contributed by atoms with Crippen LogP contribution < -0.4 is 5.32 Å². The maximum atomic E-state index is 12.7. The van der Waals surface area contributed by atoms with Crippen molar-refractivity contribution in [2.24, 2.45) is 0 Å². The van der Waals surface area contributed by atoms with Gasteiger partial charge in [-0.05, 0) is 50.8 Å². The third-order valence-electron chi connectivity index (χ3n) is 3.92. The molecule has 0 aromatic heterocycles. The Morgan fingerprint density at radius 1 is 1.12 bits per heavy atom. The average molecular weight is 357 g/mol. The normalized spacial score (nSPS) is 13.8. The number of carbonyl (C=O) groups is 2. The second-order valence-corrected chi connectivity index (χ2v) is 6.04. The molecule has 0 fully saturated rings. The van der Waals surface area contributed by atoms with Gasteiger partial charge in [-0.15, -0.1) is 0 Å². The zero-order valence-electron chi connectivity index (χ0n) is 16.9. The molecule has 1 atom stereocenters. The van der Waals surface area contributed by atoms with Gasteiger partial charge in [0.25, 0.3) is 5.91 Å². The fourth-order valence-electron chi connectivity index (χ4n) is 2.08. The van der Waals surface area contributed by atoms with Gasteiger partial charge in [-0.2, -0.15) is 0 Å². The molecule has 1 unspecified atom stereocenters. The van der Waals surface area contributed by atoms with E-state index in [1.807, 2.05) is 39.8 Å². The van der Waals surface area contributed by atoms with Crippen molar-refractivity contribution in [2.45, 2.75) is 47.1 Å². The summed E-state index contributed by atoms with van der Waals surface area (Å²) in [5, 5.41) is 2.78. The van der Waals surface area contributed by atoms with Crippen LogP contribution in [-0.2, 0) is 9.59 Å². The molecule has 0 heterocycles. The minimum atomic E-state index is -0.848. The van der Waals surface area contributed by atoms with Crippen LogP contribution in [0.2, 0.25) is 0 Å². The predicted molar refractivity (Wildman–Crippen MR) is 110 cm³/mol. The lowest BCUT2D eigenvalue weighted by atomic mass is 10.0. The molecule has 0 aromatic carbocycles. The van der Waals surface area contributed by atoms with E-state index in [9.17, 15) is 9.59 Å². The molecule has 0 spiro atoms. The summed E-state index contributed by atoms with van der Waals surface area (Å²) in [5.41, 5.74) is 2.93. The number of nitrogens with zero attached hydrogens (tertiary/aromatic N) is 1. The van der Waals surface area contributed by atoms with Gasteiger partial charge in [0.15, 0.2) is 0 Å². The first kappa shape index (κ1) is 23.4. The minimum Gasteiger partial charge on any atom is -0.337 e. The topological polar surface area (TPSA) is 49.4 Å². The number of amides is 2. The summed E-state index contributed by atoms with van der Waals surface area (Å²) < 4.78 is 0. The van der Waals surface area contributed by atoms with Gasteiger partial charge >= 0.3 is 0 Å². The van der Waals surface area contributed by atoms with Gasteiger partial charge in [0, 0.05) is 18.8 Å². The lowest BCUT2D eigenvalue weighted by molar-refractivity contribution is -0.131. The summed E-state index contributed by atoms with van der Waals surface area (Å²) in [6, 6.07) is -0.848. The van der Waals surface area contributed by atoms with E-state index in [0.29, 0.717) is 11.1 Å². The monoisotopic (exact) mass is 356 g/mol. The summed E-state index contributed by atoms with van der Waals surface area (Å²) in [6.07, 6.45) is 11.5. The summed E-state index contributed by atoms with van der Waals surface area (Å²) in [5.74, 6) is -0.541. The molecular weight excluding hydrogens is 324 g/mol. The summed E-state index contributed by atoms with van der Waals surface area (Å²) in [4.78, 5) is 26.5. The molecule has 0 aliphatic heterocycles. The molecule has 0 saturated carbocycles. The Kier molecular flexibility index (Phi) is 10.7. The molecule has 26 heavy (non-hydrogen) atoms. The molecule has 1 N–H and O–H groups in total. The quantitative estimate of drug-likeness (QED) is 0.490. The Balaban J connectivity index is 5.57. The van der Waals surface area contributed by atoms with Crippen LogP contribution in [0, 0.1) is 0 Å². The number of likely N-dealkylation sites (N-methyl/N-ethyl adjacent to an activating group) is 1. The van der Waals surface area contributed by atoms with E-state index in [0.717, 1.165) is 17.6 Å². The largest absolute Gasteiger partial charge is 0.337 e. The third kappa shape index (κ3) is 7.51. The zero-order valence-corrected chi connectivity index (χ0v) is 16.9. The van der Waals surface area contributed by atoms with Gasteiger partial charge in [-0.25, -0.2) is 0 Å². The number of hydrogen-bond acceptors (Lipinski definition) is 2. The molecule has 0 aliphatic rings. The van der Waals surface area contributed by atoms with Gasteiger partial charge in [0.1, 0.15) is 6.04 Å². The molecule has 142 valence electrons. The number of carbonyl (C=O) groups excluding carboxylic acids is 2. The Labute approximate surface area is 158 Å². The van der Waals surface area contributed by atoms with E-state index >= 15 is 0 Å². The van der Waals surface area contributed by atoms with Gasteiger partial charge in [0.05, 0.1) is 0 Å². The van der Waals surface area contributed by atoms with Crippen molar-refractivity contribution < 1.29 is 9.59 Å². The van der Waals surface area contributed by atoms with Crippen LogP contribution in [-0.4, -0.2) is 29.8 Å². The lowest BCUT2D eigenvalue weighted by Crippen LogP contribution is -2.46. The molecular formula is C22H32N2O2. The predicted octanol–water partition coefficient (Wildman–Crippen LogP) is 4.45. The Morgan fingerprint density at radius 3 is 2.23 bits per heavy atom. The molecule has 0 aromatic rings. The Morgan fingerprint density at radius 2 is 1.73 bits per heavy atom. The second-order valence-electron chi connectivity index (χ2n) is 6.04. The van der Waals surface area contributed by atoms with E-state index in [1.54, 1.807) is 38.4 Å². The van der Waals surface area contributed by atoms with Crippen molar-refractivity contribution in [3.63, 3.8) is 0 Å². The van der Waals surface area contributed by atoms with E-state index in [2.05, 4.69) is 18.5 Å². The standard InChI is InChI=1S/C22H32N2O2/c1-9-12-19(7)21(25)23-20(22(26)24(8)15-10-2)18(6)14-13-17(5)16(4)11-3/h10-15,20H,5-6,9H2,1-4,7-8H3,(H,23,25)/b14-13-,15-10+,16-11+,19-12+. The first-order valence-electron chi connectivity index (χ1n) is 8.75. The lowest BCUT2D eigenvalue weighted by Gasteiger charge is -2.23. The SMILES string of the molecule is C=C(/C=C\C(=C)C(NC(=O)/C(C)=C/CC)C(=O)N(C)/C=C/C)/C(C)=C/C. The van der Waals surface area contributed by atoms with Gasteiger partial charge < -0.3 is 10.2 Å². The van der Waals surface area contributed by atoms with Crippen molar-refractivity contribution in [2.75, 3.05) is 7.05 Å². The van der Waals surface area contributed by atoms with Crippen molar-refractivity contribution in [3.05, 3.63) is 72.0 Å². The van der Waals surface area contributed by atoms with Crippen molar-refractivity contribution in [1.82, 2.24) is 10.2 Å². The number of rotatable bonds is 9. The summed E-state index contributed by atoms with van der Waals surface area (Å²) in [6.45, 7) is 17.4. The van der Waals surface area contributed by atoms with E-state index in [4.69, 9.17) is 0 Å². The van der Waals surface area contributed by atoms with Crippen LogP contribution in [0.3, 0.4) is 0 Å². The van der Waals surface area contributed by atoms with Crippen molar-refractivity contribution >= 4 is 11.8 Å². The molecule has 2 amide bonds. The molecule has 4 nitrogen and oxygen atoms in total. The average Bonchev–Trinajstić information content (AvgIpc) is 2.62. The molecule has 0 radical (unpaired) electrons. The first-order valence-corrected chi connectivity index (χ1v) is 8.75. The maximum absolute atomic E-state index is 12.7. The van der Waals surface area contributed by atoms with E-state index in [-0.39, 0.29) is 11.8 Å². The van der Waals surface area contributed by atoms with E-state index < -0.39 is 6.04 Å². The van der Waals surface area contributed by atoms with Crippen LogP contribution in [0.15, 0.2) is 72.0 Å². The summed E-state index contributed by atoms with van der Waals surface area (Å²) >= 11 is 0. The fourth-order valence-corrected chi connectivity index (χ4v) is 2.08. The van der Waals surface area contributed by atoms with Crippen LogP contribution in [0.4, 0.5) is 0 Å². The molecule has 0 bridgehead atoms. The number of allylic oxidation sites excluding steroid dienone is 6. The zero-order chi connectivity index (χ0) is 20.3. The second kappa shape index (κ2) is 11.9. The highest BCUT2D eigenvalue weighted by molar-refractivity contribution is 5.98. The smallest absolute Gasteiger partial charge is 0.253 e. The highest BCUT2D eigenvalue weighted by atomic mass is 16.2. The van der Waals surface area contributed by atoms with Crippen LogP contribution in [0.25, 0.3) is 0 Å². The van der Waals surface area contributed by atoms with Gasteiger partial charge in [-0.3, -0.25) is 9.59 Å². The third-order valence-corrected chi connectivity index (χ3v) is 3.92. The molecule has 0 rings (SSSR count). The minimum absolute atomic E-state index is 0.260. The summed E-state index contributed by atoms with van der Waals surface area (Å²) in [7, 11) is 1.65. The number of hydrogen-bond donors (Lipinski definition) is 1. The molecule has 0 saturated heterocycles. The van der Waals surface area contributed by atoms with Crippen LogP contribution in [0.1, 0.15) is 41.0 Å². The van der Waals surface area contributed by atoms with Gasteiger partial charge in [0.2, 0.25) is 5.91 Å². The first-order chi connectivity index (χ1) is 12.2. The van der Waals surface area contributed by atoms with Crippen molar-refractivity contribution in [1.29, 1.82) is 0 Å². The maximum Gasteiger partial charge on any atom is 0.253 e. The number of nitrogens with one attached hydrogen (secondary N) is 1. The highest BCUT2D eigenvalue weighted by Crippen LogP contribution is 2.13. The van der Waals surface area contributed by atoms with Gasteiger partial charge in [-0.1, -0.05) is 50.5 Å². The Hall–Kier alpha value is -2.62. The van der Waals surface area contributed by atoms with Crippen LogP contribution >= 0.6 is 0 Å². The molecule has 4 heteroatoms. The Bertz CT molecular complexity index is 664. The molecule has 0 aliphatic carbocycles.